The van der Waals surface area contributed by atoms with Crippen LogP contribution in [-0.2, 0) is 0 Å². The third-order valence-corrected chi connectivity index (χ3v) is 5.37. The van der Waals surface area contributed by atoms with Crippen molar-refractivity contribution in [2.75, 3.05) is 31.1 Å². The molecule has 0 unspecified atom stereocenters. The maximum absolute atomic E-state index is 12.7. The lowest BCUT2D eigenvalue weighted by Crippen LogP contribution is -2.49. The predicted molar refractivity (Wildman–Crippen MR) is 109 cm³/mol. The molecule has 0 bridgehead atoms. The fourth-order valence-corrected chi connectivity index (χ4v) is 3.69. The summed E-state index contributed by atoms with van der Waals surface area (Å²) in [6.45, 7) is 2.08. The predicted octanol–water partition coefficient (Wildman–Crippen LogP) is 3.20. The van der Waals surface area contributed by atoms with Crippen LogP contribution in [0.4, 0.5) is 5.69 Å². The number of aromatic nitrogens is 2. The van der Waals surface area contributed by atoms with Crippen molar-refractivity contribution in [2.45, 2.75) is 0 Å². The Balaban J connectivity index is 1.50. The van der Waals surface area contributed by atoms with Crippen LogP contribution < -0.4 is 10.5 Å². The molecule has 3 aromatic rings. The number of carbonyl (C=O) groups excluding carboxylic acids is 1. The minimum absolute atomic E-state index is 0.119. The van der Waals surface area contributed by atoms with Gasteiger partial charge in [-0.3, -0.25) is 9.59 Å². The van der Waals surface area contributed by atoms with Gasteiger partial charge in [-0.05, 0) is 40.2 Å². The summed E-state index contributed by atoms with van der Waals surface area (Å²) in [6, 6.07) is 12.5. The summed E-state index contributed by atoms with van der Waals surface area (Å²) in [5.41, 5.74) is 0.858. The number of para-hydroxylation sites is 1. The standard InChI is InChI=1S/C19H16BrClN4O3/c20-16-7-6-15(28-16)18(26)24-10-8-23(9-11-24)14-12-22-25(19(27)17(14)21)13-4-2-1-3-5-13/h1-7,12H,8-11H2. The minimum atomic E-state index is -0.371. The lowest BCUT2D eigenvalue weighted by molar-refractivity contribution is 0.0713. The number of anilines is 1. The van der Waals surface area contributed by atoms with E-state index in [0.29, 0.717) is 48.0 Å². The molecule has 0 spiro atoms. The normalized spacial score (nSPS) is 14.4. The largest absolute Gasteiger partial charge is 0.444 e. The number of amides is 1. The lowest BCUT2D eigenvalue weighted by Gasteiger charge is -2.35. The van der Waals surface area contributed by atoms with E-state index in [4.69, 9.17) is 16.0 Å². The molecule has 1 saturated heterocycles. The number of hydrogen-bond donors (Lipinski definition) is 0. The maximum atomic E-state index is 12.7. The number of carbonyl (C=O) groups is 1. The van der Waals surface area contributed by atoms with E-state index in [1.807, 2.05) is 23.1 Å². The van der Waals surface area contributed by atoms with Gasteiger partial charge in [0.05, 0.1) is 17.6 Å². The summed E-state index contributed by atoms with van der Waals surface area (Å²) in [4.78, 5) is 28.8. The second kappa shape index (κ2) is 7.81. The molecule has 0 N–H and O–H groups in total. The number of benzene rings is 1. The van der Waals surface area contributed by atoms with Crippen LogP contribution in [0.3, 0.4) is 0 Å². The van der Waals surface area contributed by atoms with Crippen LogP contribution in [0.5, 0.6) is 0 Å². The first-order valence-electron chi connectivity index (χ1n) is 8.67. The molecular formula is C19H16BrClN4O3. The number of nitrogens with zero attached hydrogens (tertiary/aromatic N) is 4. The summed E-state index contributed by atoms with van der Waals surface area (Å²) in [5.74, 6) is 0.138. The zero-order valence-corrected chi connectivity index (χ0v) is 17.1. The third-order valence-electron chi connectivity index (χ3n) is 4.59. The Hall–Kier alpha value is -2.58. The van der Waals surface area contributed by atoms with Crippen LogP contribution in [0, 0.1) is 0 Å². The van der Waals surface area contributed by atoms with Gasteiger partial charge in [-0.15, -0.1) is 0 Å². The molecule has 0 aliphatic carbocycles. The number of piperazine rings is 1. The topological polar surface area (TPSA) is 71.6 Å². The first-order valence-corrected chi connectivity index (χ1v) is 9.84. The quantitative estimate of drug-likeness (QED) is 0.596. The van der Waals surface area contributed by atoms with Gasteiger partial charge in [0.25, 0.3) is 11.5 Å². The van der Waals surface area contributed by atoms with Crippen molar-refractivity contribution in [3.8, 4) is 5.69 Å². The summed E-state index contributed by atoms with van der Waals surface area (Å²) in [7, 11) is 0. The van der Waals surface area contributed by atoms with Crippen LogP contribution >= 0.6 is 27.5 Å². The van der Waals surface area contributed by atoms with Crippen molar-refractivity contribution in [3.05, 3.63) is 74.5 Å². The van der Waals surface area contributed by atoms with Gasteiger partial charge in [0.1, 0.15) is 5.02 Å². The smallest absolute Gasteiger partial charge is 0.292 e. The highest BCUT2D eigenvalue weighted by Crippen LogP contribution is 2.24. The van der Waals surface area contributed by atoms with Gasteiger partial charge in [-0.2, -0.15) is 9.78 Å². The number of rotatable bonds is 3. The Morgan fingerprint density at radius 2 is 1.79 bits per heavy atom. The van der Waals surface area contributed by atoms with E-state index < -0.39 is 0 Å². The Labute approximate surface area is 174 Å². The van der Waals surface area contributed by atoms with Gasteiger partial charge in [0.15, 0.2) is 10.4 Å². The first kappa shape index (κ1) is 18.8. The average Bonchev–Trinajstić information content (AvgIpc) is 3.16. The van der Waals surface area contributed by atoms with E-state index in [1.54, 1.807) is 35.4 Å². The highest BCUT2D eigenvalue weighted by atomic mass is 79.9. The Morgan fingerprint density at radius 1 is 1.07 bits per heavy atom. The van der Waals surface area contributed by atoms with Crippen molar-refractivity contribution in [1.82, 2.24) is 14.7 Å². The van der Waals surface area contributed by atoms with Crippen LogP contribution in [0.15, 0.2) is 62.5 Å². The van der Waals surface area contributed by atoms with E-state index in [-0.39, 0.29) is 16.5 Å². The highest BCUT2D eigenvalue weighted by Gasteiger charge is 2.26. The van der Waals surface area contributed by atoms with Crippen molar-refractivity contribution in [1.29, 1.82) is 0 Å². The van der Waals surface area contributed by atoms with E-state index in [0.717, 1.165) is 0 Å². The summed E-state index contributed by atoms with van der Waals surface area (Å²) < 4.78 is 7.13. The minimum Gasteiger partial charge on any atom is -0.444 e. The van der Waals surface area contributed by atoms with Crippen LogP contribution in [0.25, 0.3) is 5.69 Å². The molecule has 1 aliphatic heterocycles. The van der Waals surface area contributed by atoms with E-state index >= 15 is 0 Å². The van der Waals surface area contributed by atoms with Gasteiger partial charge >= 0.3 is 0 Å². The van der Waals surface area contributed by atoms with Gasteiger partial charge in [0.2, 0.25) is 0 Å². The first-order chi connectivity index (χ1) is 13.5. The second-order valence-corrected chi connectivity index (χ2v) is 7.44. The number of furan rings is 1. The van der Waals surface area contributed by atoms with Crippen molar-refractivity contribution >= 4 is 39.1 Å². The lowest BCUT2D eigenvalue weighted by atomic mass is 10.2. The van der Waals surface area contributed by atoms with Crippen molar-refractivity contribution in [3.63, 3.8) is 0 Å². The number of halogens is 2. The molecule has 1 aliphatic rings. The van der Waals surface area contributed by atoms with Gasteiger partial charge in [0, 0.05) is 26.2 Å². The third kappa shape index (κ3) is 3.57. The van der Waals surface area contributed by atoms with Crippen molar-refractivity contribution < 1.29 is 9.21 Å². The molecule has 1 amide bonds. The SMILES string of the molecule is O=C(c1ccc(Br)o1)N1CCN(c2cnn(-c3ccccc3)c(=O)c2Cl)CC1. The molecule has 4 rings (SSSR count). The highest BCUT2D eigenvalue weighted by molar-refractivity contribution is 9.10. The van der Waals surface area contributed by atoms with E-state index in [2.05, 4.69) is 21.0 Å². The molecule has 7 nitrogen and oxygen atoms in total. The summed E-state index contributed by atoms with van der Waals surface area (Å²) >= 11 is 9.57. The molecule has 1 fully saturated rings. The molecule has 3 heterocycles. The summed E-state index contributed by atoms with van der Waals surface area (Å²) in [6.07, 6.45) is 1.60. The Kier molecular flexibility index (Phi) is 5.23. The molecule has 0 radical (unpaired) electrons. The Morgan fingerprint density at radius 3 is 2.43 bits per heavy atom. The molecule has 1 aromatic carbocycles. The van der Waals surface area contributed by atoms with Gasteiger partial charge in [-0.1, -0.05) is 29.8 Å². The zero-order valence-electron chi connectivity index (χ0n) is 14.7. The van der Waals surface area contributed by atoms with Crippen LogP contribution in [0.1, 0.15) is 10.6 Å². The molecular weight excluding hydrogens is 448 g/mol. The fourth-order valence-electron chi connectivity index (χ4n) is 3.13. The molecule has 2 aromatic heterocycles. The molecule has 28 heavy (non-hydrogen) atoms. The average molecular weight is 464 g/mol. The Bertz CT molecular complexity index is 1060. The van der Waals surface area contributed by atoms with Crippen LogP contribution in [0.2, 0.25) is 5.02 Å². The van der Waals surface area contributed by atoms with E-state index in [1.165, 1.54) is 4.68 Å². The van der Waals surface area contributed by atoms with Crippen molar-refractivity contribution in [2.24, 2.45) is 0 Å². The molecule has 9 heteroatoms. The molecule has 0 saturated carbocycles. The zero-order chi connectivity index (χ0) is 19.7. The fraction of sp³-hybridized carbons (Fsp3) is 0.211. The summed E-state index contributed by atoms with van der Waals surface area (Å²) in [5, 5.41) is 4.39. The van der Waals surface area contributed by atoms with Crippen LogP contribution in [-0.4, -0.2) is 46.8 Å². The van der Waals surface area contributed by atoms with Gasteiger partial charge in [-0.25, -0.2) is 0 Å². The van der Waals surface area contributed by atoms with E-state index in [9.17, 15) is 9.59 Å². The second-order valence-electron chi connectivity index (χ2n) is 6.28. The maximum Gasteiger partial charge on any atom is 0.292 e. The monoisotopic (exact) mass is 462 g/mol. The molecule has 144 valence electrons. The number of hydrogen-bond acceptors (Lipinski definition) is 5. The van der Waals surface area contributed by atoms with Gasteiger partial charge < -0.3 is 14.2 Å². The molecule has 0 atom stereocenters.